The van der Waals surface area contributed by atoms with Gasteiger partial charge in [-0.1, -0.05) is 37.6 Å². The van der Waals surface area contributed by atoms with E-state index in [9.17, 15) is 9.18 Å². The number of hydrogen-bond acceptors (Lipinski definition) is 2. The summed E-state index contributed by atoms with van der Waals surface area (Å²) in [5.41, 5.74) is 3.03. The van der Waals surface area contributed by atoms with Gasteiger partial charge >= 0.3 is 0 Å². The summed E-state index contributed by atoms with van der Waals surface area (Å²) in [6.07, 6.45) is 2.72. The highest BCUT2D eigenvalue weighted by molar-refractivity contribution is 5.83. The van der Waals surface area contributed by atoms with E-state index >= 15 is 0 Å². The highest BCUT2D eigenvalue weighted by Crippen LogP contribution is 2.29. The molecule has 0 aliphatic carbocycles. The van der Waals surface area contributed by atoms with Crippen molar-refractivity contribution in [2.24, 2.45) is 0 Å². The molecule has 0 unspecified atom stereocenters. The first-order chi connectivity index (χ1) is 9.69. The lowest BCUT2D eigenvalue weighted by molar-refractivity contribution is 0.112. The first-order valence-electron chi connectivity index (χ1n) is 6.61. The van der Waals surface area contributed by atoms with Crippen molar-refractivity contribution >= 4 is 6.29 Å². The Labute approximate surface area is 118 Å². The first-order valence-corrected chi connectivity index (χ1v) is 6.61. The van der Waals surface area contributed by atoms with E-state index in [1.165, 1.54) is 18.7 Å². The molecule has 2 nitrogen and oxygen atoms in total. The molecule has 0 aliphatic heterocycles. The van der Waals surface area contributed by atoms with Crippen LogP contribution in [-0.2, 0) is 6.42 Å². The van der Waals surface area contributed by atoms with Crippen LogP contribution in [0.15, 0.2) is 36.4 Å². The van der Waals surface area contributed by atoms with Crippen LogP contribution in [0.4, 0.5) is 4.39 Å². The fourth-order valence-corrected chi connectivity index (χ4v) is 2.24. The Kier molecular flexibility index (Phi) is 4.51. The number of rotatable bonds is 5. The lowest BCUT2D eigenvalue weighted by atomic mass is 10.00. The zero-order chi connectivity index (χ0) is 14.5. The molecule has 3 heteroatoms. The van der Waals surface area contributed by atoms with Gasteiger partial charge in [-0.2, -0.15) is 0 Å². The molecule has 20 heavy (non-hydrogen) atoms. The van der Waals surface area contributed by atoms with Crippen molar-refractivity contribution in [2.75, 3.05) is 7.11 Å². The smallest absolute Gasteiger partial charge is 0.166 e. The molecule has 0 aromatic heterocycles. The van der Waals surface area contributed by atoms with Gasteiger partial charge in [0.25, 0.3) is 0 Å². The van der Waals surface area contributed by atoms with Gasteiger partial charge in [0.05, 0.1) is 12.7 Å². The van der Waals surface area contributed by atoms with Gasteiger partial charge in [0, 0.05) is 0 Å². The van der Waals surface area contributed by atoms with Gasteiger partial charge in [-0.25, -0.2) is 4.39 Å². The predicted octanol–water partition coefficient (Wildman–Crippen LogP) is 4.27. The molecule has 0 radical (unpaired) electrons. The summed E-state index contributed by atoms with van der Waals surface area (Å²) in [5.74, 6) is -0.531. The maximum Gasteiger partial charge on any atom is 0.166 e. The minimum absolute atomic E-state index is 0.00801. The Morgan fingerprint density at radius 1 is 1.15 bits per heavy atom. The van der Waals surface area contributed by atoms with Crippen molar-refractivity contribution in [3.05, 3.63) is 53.3 Å². The quantitative estimate of drug-likeness (QED) is 0.760. The third-order valence-electron chi connectivity index (χ3n) is 3.23. The number of aryl methyl sites for hydroxylation is 1. The Morgan fingerprint density at radius 2 is 1.85 bits per heavy atom. The molecule has 0 fully saturated rings. The average Bonchev–Trinajstić information content (AvgIpc) is 2.47. The number of benzene rings is 2. The van der Waals surface area contributed by atoms with Crippen molar-refractivity contribution in [2.45, 2.75) is 19.8 Å². The van der Waals surface area contributed by atoms with E-state index in [1.807, 2.05) is 24.3 Å². The van der Waals surface area contributed by atoms with Crippen molar-refractivity contribution in [1.29, 1.82) is 0 Å². The Bertz CT molecular complexity index is 603. The van der Waals surface area contributed by atoms with Crippen LogP contribution in [0.1, 0.15) is 29.3 Å². The van der Waals surface area contributed by atoms with E-state index in [4.69, 9.17) is 4.74 Å². The molecule has 0 spiro atoms. The van der Waals surface area contributed by atoms with Gasteiger partial charge in [0.15, 0.2) is 17.9 Å². The number of aldehydes is 1. The second kappa shape index (κ2) is 6.33. The molecular weight excluding hydrogens is 255 g/mol. The maximum absolute atomic E-state index is 13.9. The third kappa shape index (κ3) is 2.87. The zero-order valence-electron chi connectivity index (χ0n) is 11.7. The number of halogens is 1. The Hall–Kier alpha value is -2.16. The molecule has 104 valence electrons. The molecule has 2 aromatic carbocycles. The number of hydrogen-bond donors (Lipinski definition) is 0. The van der Waals surface area contributed by atoms with E-state index in [-0.39, 0.29) is 11.3 Å². The second-order valence-electron chi connectivity index (χ2n) is 4.65. The zero-order valence-corrected chi connectivity index (χ0v) is 11.7. The van der Waals surface area contributed by atoms with Crippen molar-refractivity contribution < 1.29 is 13.9 Å². The summed E-state index contributed by atoms with van der Waals surface area (Å²) in [6, 6.07) is 11.0. The van der Waals surface area contributed by atoms with Gasteiger partial charge in [0.2, 0.25) is 0 Å². The fraction of sp³-hybridized carbons (Fsp3) is 0.235. The minimum Gasteiger partial charge on any atom is -0.493 e. The third-order valence-corrected chi connectivity index (χ3v) is 3.23. The van der Waals surface area contributed by atoms with E-state index in [0.717, 1.165) is 18.4 Å². The summed E-state index contributed by atoms with van der Waals surface area (Å²) in [6.45, 7) is 2.13. The standard InChI is InChI=1S/C17H17FO2/c1-3-4-12-5-7-13(8-6-12)14-9-15(11-19)17(20-2)16(18)10-14/h5-11H,3-4H2,1-2H3. The lowest BCUT2D eigenvalue weighted by Gasteiger charge is -2.09. The van der Waals surface area contributed by atoms with Gasteiger partial charge in [-0.3, -0.25) is 4.79 Å². The lowest BCUT2D eigenvalue weighted by Crippen LogP contribution is -1.95. The van der Waals surface area contributed by atoms with Crippen LogP contribution in [0.25, 0.3) is 11.1 Å². The van der Waals surface area contributed by atoms with Crippen LogP contribution in [0.3, 0.4) is 0 Å². The fourth-order valence-electron chi connectivity index (χ4n) is 2.24. The molecule has 0 saturated carbocycles. The Balaban J connectivity index is 2.42. The summed E-state index contributed by atoms with van der Waals surface area (Å²) < 4.78 is 18.8. The molecule has 0 amide bonds. The predicted molar refractivity (Wildman–Crippen MR) is 77.8 cm³/mol. The molecule has 0 atom stereocenters. The normalized spacial score (nSPS) is 10.3. The minimum atomic E-state index is -0.523. The maximum atomic E-state index is 13.9. The average molecular weight is 272 g/mol. The highest BCUT2D eigenvalue weighted by Gasteiger charge is 2.12. The summed E-state index contributed by atoms with van der Waals surface area (Å²) in [7, 11) is 1.35. The van der Waals surface area contributed by atoms with Crippen LogP contribution >= 0.6 is 0 Å². The van der Waals surface area contributed by atoms with E-state index in [2.05, 4.69) is 6.92 Å². The summed E-state index contributed by atoms with van der Waals surface area (Å²) in [5, 5.41) is 0. The van der Waals surface area contributed by atoms with E-state index in [1.54, 1.807) is 6.07 Å². The molecule has 2 aromatic rings. The van der Waals surface area contributed by atoms with Crippen LogP contribution in [0, 0.1) is 5.82 Å². The molecule has 0 bridgehead atoms. The SMILES string of the molecule is CCCc1ccc(-c2cc(F)c(OC)c(C=O)c2)cc1. The van der Waals surface area contributed by atoms with Gasteiger partial charge in [0.1, 0.15) is 0 Å². The topological polar surface area (TPSA) is 26.3 Å². The van der Waals surface area contributed by atoms with Gasteiger partial charge in [-0.05, 0) is 35.2 Å². The number of ether oxygens (including phenoxy) is 1. The van der Waals surface area contributed by atoms with Crippen LogP contribution in [-0.4, -0.2) is 13.4 Å². The van der Waals surface area contributed by atoms with Crippen molar-refractivity contribution in [3.63, 3.8) is 0 Å². The largest absolute Gasteiger partial charge is 0.493 e. The first kappa shape index (κ1) is 14.3. The van der Waals surface area contributed by atoms with E-state index < -0.39 is 5.82 Å². The van der Waals surface area contributed by atoms with Crippen LogP contribution < -0.4 is 4.74 Å². The van der Waals surface area contributed by atoms with Crippen molar-refractivity contribution in [3.8, 4) is 16.9 Å². The summed E-state index contributed by atoms with van der Waals surface area (Å²) >= 11 is 0. The number of carbonyl (C=O) groups excluding carboxylic acids is 1. The molecule has 0 saturated heterocycles. The highest BCUT2D eigenvalue weighted by atomic mass is 19.1. The molecule has 2 rings (SSSR count). The molecular formula is C17H17FO2. The van der Waals surface area contributed by atoms with Crippen molar-refractivity contribution in [1.82, 2.24) is 0 Å². The molecule has 0 aliphatic rings. The molecule has 0 heterocycles. The number of methoxy groups -OCH3 is 1. The van der Waals surface area contributed by atoms with Crippen LogP contribution in [0.5, 0.6) is 5.75 Å². The van der Waals surface area contributed by atoms with Gasteiger partial charge < -0.3 is 4.74 Å². The van der Waals surface area contributed by atoms with E-state index in [0.29, 0.717) is 11.8 Å². The monoisotopic (exact) mass is 272 g/mol. The molecule has 0 N–H and O–H groups in total. The second-order valence-corrected chi connectivity index (χ2v) is 4.65. The van der Waals surface area contributed by atoms with Crippen LogP contribution in [0.2, 0.25) is 0 Å². The van der Waals surface area contributed by atoms with Gasteiger partial charge in [-0.15, -0.1) is 0 Å². The Morgan fingerprint density at radius 3 is 2.40 bits per heavy atom. The number of carbonyl (C=O) groups is 1. The summed E-state index contributed by atoms with van der Waals surface area (Å²) in [4.78, 5) is 11.0.